The van der Waals surface area contributed by atoms with Gasteiger partial charge in [-0.2, -0.15) is 5.10 Å². The molecule has 0 aliphatic carbocycles. The van der Waals surface area contributed by atoms with Gasteiger partial charge in [-0.25, -0.2) is 0 Å². The van der Waals surface area contributed by atoms with Gasteiger partial charge in [0.05, 0.1) is 51.4 Å². The molecule has 1 aromatic carbocycles. The molecule has 2 fully saturated rings. The van der Waals surface area contributed by atoms with E-state index in [1.807, 2.05) is 16.8 Å². The number of carbonyl (C=O) groups excluding carboxylic acids is 1. The van der Waals surface area contributed by atoms with Gasteiger partial charge in [0.2, 0.25) is 0 Å². The van der Waals surface area contributed by atoms with Crippen LogP contribution in [0.4, 0.5) is 0 Å². The number of aromatic nitrogens is 2. The summed E-state index contributed by atoms with van der Waals surface area (Å²) in [5.74, 6) is 0.159. The molecule has 1 N–H and O–H groups in total. The molecule has 7 nitrogen and oxygen atoms in total. The second-order valence-electron chi connectivity index (χ2n) is 7.63. The number of nitrogens with zero attached hydrogens (tertiary/aromatic N) is 3. The maximum atomic E-state index is 13.3. The Kier molecular flexibility index (Phi) is 5.19. The first-order chi connectivity index (χ1) is 14.1. The van der Waals surface area contributed by atoms with E-state index in [0.717, 1.165) is 42.8 Å². The number of rotatable bonds is 2. The van der Waals surface area contributed by atoms with Gasteiger partial charge < -0.3 is 15.0 Å². The van der Waals surface area contributed by atoms with E-state index in [1.165, 1.54) is 0 Å². The minimum Gasteiger partial charge on any atom is -0.378 e. The number of fused-ring (bicyclic) bond motifs is 3. The summed E-state index contributed by atoms with van der Waals surface area (Å²) in [6, 6.07) is 5.73. The van der Waals surface area contributed by atoms with E-state index in [1.54, 1.807) is 11.0 Å². The van der Waals surface area contributed by atoms with E-state index in [2.05, 4.69) is 5.32 Å². The van der Waals surface area contributed by atoms with Gasteiger partial charge in [-0.1, -0.05) is 23.7 Å². The van der Waals surface area contributed by atoms with Crippen LogP contribution in [-0.4, -0.2) is 64.2 Å². The zero-order valence-electron chi connectivity index (χ0n) is 16.0. The average Bonchev–Trinajstić information content (AvgIpc) is 3.14. The third-order valence-corrected chi connectivity index (χ3v) is 7.72. The SMILES string of the molecule is O=C(c1nn(C2CCCNC2)c2c1CS(=O)c1c(Cl)cccc1-2)N1CCOCC1. The normalized spacial score (nSPS) is 24.1. The number of morpholine rings is 1. The molecule has 0 radical (unpaired) electrons. The molecule has 3 aliphatic rings. The zero-order chi connectivity index (χ0) is 20.0. The number of halogens is 1. The lowest BCUT2D eigenvalue weighted by Gasteiger charge is -2.27. The van der Waals surface area contributed by atoms with E-state index in [0.29, 0.717) is 41.9 Å². The van der Waals surface area contributed by atoms with Crippen LogP contribution < -0.4 is 5.32 Å². The van der Waals surface area contributed by atoms with Crippen molar-refractivity contribution in [3.05, 3.63) is 34.5 Å². The van der Waals surface area contributed by atoms with E-state index in [-0.39, 0.29) is 17.7 Å². The zero-order valence-corrected chi connectivity index (χ0v) is 17.6. The molecule has 2 aromatic rings. The van der Waals surface area contributed by atoms with Crippen molar-refractivity contribution in [2.75, 3.05) is 39.4 Å². The number of nitrogens with one attached hydrogen (secondary N) is 1. The van der Waals surface area contributed by atoms with Gasteiger partial charge in [-0.15, -0.1) is 0 Å². The number of hydrogen-bond acceptors (Lipinski definition) is 5. The maximum absolute atomic E-state index is 13.3. The molecule has 0 spiro atoms. The first-order valence-corrected chi connectivity index (χ1v) is 11.7. The molecule has 2 unspecified atom stereocenters. The van der Waals surface area contributed by atoms with E-state index in [9.17, 15) is 9.00 Å². The largest absolute Gasteiger partial charge is 0.378 e. The van der Waals surface area contributed by atoms with Crippen molar-refractivity contribution in [1.29, 1.82) is 0 Å². The van der Waals surface area contributed by atoms with Crippen LogP contribution in [0.15, 0.2) is 23.1 Å². The first-order valence-electron chi connectivity index (χ1n) is 10.0. The van der Waals surface area contributed by atoms with Crippen LogP contribution in [0.25, 0.3) is 11.3 Å². The Morgan fingerprint density at radius 2 is 2.14 bits per heavy atom. The molecule has 0 saturated carbocycles. The van der Waals surface area contributed by atoms with E-state index < -0.39 is 10.8 Å². The Morgan fingerprint density at radius 1 is 1.31 bits per heavy atom. The highest BCUT2D eigenvalue weighted by Gasteiger charge is 2.36. The first kappa shape index (κ1) is 19.2. The van der Waals surface area contributed by atoms with Crippen molar-refractivity contribution in [3.8, 4) is 11.3 Å². The molecular weight excluding hydrogens is 412 g/mol. The summed E-state index contributed by atoms with van der Waals surface area (Å²) in [4.78, 5) is 15.7. The predicted molar refractivity (Wildman–Crippen MR) is 111 cm³/mol. The molecule has 4 heterocycles. The molecular formula is C20H23ClN4O3S. The van der Waals surface area contributed by atoms with Gasteiger partial charge in [0.25, 0.3) is 5.91 Å². The van der Waals surface area contributed by atoms with Gasteiger partial charge in [0.15, 0.2) is 5.69 Å². The highest BCUT2D eigenvalue weighted by Crippen LogP contribution is 2.42. The molecule has 2 saturated heterocycles. The molecule has 1 amide bonds. The second kappa shape index (κ2) is 7.83. The Hall–Kier alpha value is -1.74. The summed E-state index contributed by atoms with van der Waals surface area (Å²) < 4.78 is 20.4. The summed E-state index contributed by atoms with van der Waals surface area (Å²) in [5.41, 5.74) is 2.93. The van der Waals surface area contributed by atoms with Crippen molar-refractivity contribution in [2.45, 2.75) is 29.5 Å². The Balaban J connectivity index is 1.67. The van der Waals surface area contributed by atoms with Crippen LogP contribution in [-0.2, 0) is 21.3 Å². The molecule has 9 heteroatoms. The van der Waals surface area contributed by atoms with Crippen LogP contribution in [0.5, 0.6) is 0 Å². The highest BCUT2D eigenvalue weighted by molar-refractivity contribution is 7.84. The van der Waals surface area contributed by atoms with Crippen LogP contribution in [0.3, 0.4) is 0 Å². The molecule has 29 heavy (non-hydrogen) atoms. The lowest BCUT2D eigenvalue weighted by Crippen LogP contribution is -2.41. The topological polar surface area (TPSA) is 76.5 Å². The number of piperidine rings is 1. The van der Waals surface area contributed by atoms with Gasteiger partial charge >= 0.3 is 0 Å². The number of benzene rings is 1. The van der Waals surface area contributed by atoms with Crippen LogP contribution >= 0.6 is 11.6 Å². The monoisotopic (exact) mass is 434 g/mol. The minimum absolute atomic E-state index is 0.102. The Morgan fingerprint density at radius 3 is 2.90 bits per heavy atom. The van der Waals surface area contributed by atoms with Crippen molar-refractivity contribution < 1.29 is 13.7 Å². The number of carbonyl (C=O) groups is 1. The van der Waals surface area contributed by atoms with Crippen LogP contribution in [0, 0.1) is 0 Å². The fraction of sp³-hybridized carbons (Fsp3) is 0.500. The smallest absolute Gasteiger partial charge is 0.274 e. The van der Waals surface area contributed by atoms with Crippen molar-refractivity contribution in [1.82, 2.24) is 20.0 Å². The number of ether oxygens (including phenoxy) is 1. The lowest BCUT2D eigenvalue weighted by atomic mass is 10.0. The number of amides is 1. The van der Waals surface area contributed by atoms with Crippen LogP contribution in [0.1, 0.15) is 34.9 Å². The summed E-state index contributed by atoms with van der Waals surface area (Å²) in [6.07, 6.45) is 2.05. The van der Waals surface area contributed by atoms with Gasteiger partial charge in [-0.05, 0) is 25.5 Å². The van der Waals surface area contributed by atoms with E-state index >= 15 is 0 Å². The number of hydrogen-bond donors (Lipinski definition) is 1. The average molecular weight is 435 g/mol. The quantitative estimate of drug-likeness (QED) is 0.784. The molecule has 5 rings (SSSR count). The van der Waals surface area contributed by atoms with Crippen molar-refractivity contribution in [2.24, 2.45) is 0 Å². The molecule has 0 bridgehead atoms. The molecule has 2 atom stereocenters. The molecule has 1 aromatic heterocycles. The summed E-state index contributed by atoms with van der Waals surface area (Å²) >= 11 is 6.41. The third-order valence-electron chi connectivity index (χ3n) is 5.85. The summed E-state index contributed by atoms with van der Waals surface area (Å²) in [5, 5.41) is 8.75. The summed E-state index contributed by atoms with van der Waals surface area (Å²) in [6.45, 7) is 3.97. The van der Waals surface area contributed by atoms with Gasteiger partial charge in [-0.3, -0.25) is 13.7 Å². The lowest BCUT2D eigenvalue weighted by molar-refractivity contribution is 0.0297. The fourth-order valence-electron chi connectivity index (χ4n) is 4.42. The highest BCUT2D eigenvalue weighted by atomic mass is 35.5. The third kappa shape index (κ3) is 3.32. The minimum atomic E-state index is -1.31. The van der Waals surface area contributed by atoms with Gasteiger partial charge in [0, 0.05) is 30.8 Å². The fourth-order valence-corrected chi connectivity index (χ4v) is 6.22. The van der Waals surface area contributed by atoms with Gasteiger partial charge in [0.1, 0.15) is 0 Å². The molecule has 154 valence electrons. The van der Waals surface area contributed by atoms with Crippen LogP contribution in [0.2, 0.25) is 5.02 Å². The maximum Gasteiger partial charge on any atom is 0.274 e. The van der Waals surface area contributed by atoms with E-state index in [4.69, 9.17) is 21.4 Å². The predicted octanol–water partition coefficient (Wildman–Crippen LogP) is 2.22. The standard InChI is InChI=1S/C20H23ClN4O3S/c21-16-5-1-4-14-18-15(12-29(27)19(14)16)17(20(26)24-7-9-28-10-8-24)23-25(18)13-3-2-6-22-11-13/h1,4-5,13,22H,2-3,6-12H2. The second-order valence-corrected chi connectivity index (χ2v) is 9.43. The van der Waals surface area contributed by atoms with Crippen molar-refractivity contribution in [3.63, 3.8) is 0 Å². The summed E-state index contributed by atoms with van der Waals surface area (Å²) in [7, 11) is -1.31. The Labute approximate surface area is 176 Å². The molecule has 3 aliphatic heterocycles. The Bertz CT molecular complexity index is 980. The van der Waals surface area contributed by atoms with Crippen molar-refractivity contribution >= 4 is 28.3 Å².